The van der Waals surface area contributed by atoms with Crippen LogP contribution in [-0.2, 0) is 24.5 Å². The quantitative estimate of drug-likeness (QED) is 0.286. The summed E-state index contributed by atoms with van der Waals surface area (Å²) in [5, 5.41) is 9.35. The second-order valence-electron chi connectivity index (χ2n) is 8.65. The van der Waals surface area contributed by atoms with Gasteiger partial charge in [0, 0.05) is 26.2 Å². The van der Waals surface area contributed by atoms with Gasteiger partial charge in [0.2, 0.25) is 0 Å². The monoisotopic (exact) mass is 516 g/mol. The summed E-state index contributed by atoms with van der Waals surface area (Å²) in [6.07, 6.45) is 0.170. The predicted molar refractivity (Wildman–Crippen MR) is 118 cm³/mol. The molecule has 1 aromatic rings. The Morgan fingerprint density at radius 1 is 1.14 bits per heavy atom. The van der Waals surface area contributed by atoms with Crippen molar-refractivity contribution in [3.05, 3.63) is 30.1 Å². The van der Waals surface area contributed by atoms with Crippen LogP contribution in [0.25, 0.3) is 0 Å². The number of nitrogens with one attached hydrogen (secondary N) is 1. The normalized spacial score (nSPS) is 27.1. The molecular weight excluding hydrogens is 487 g/mol. The summed E-state index contributed by atoms with van der Waals surface area (Å²) < 4.78 is 58.5. The lowest BCUT2D eigenvalue weighted by molar-refractivity contribution is -0.136. The molecule has 3 aliphatic rings. The molecule has 194 valence electrons. The minimum Gasteiger partial charge on any atom is -0.489 e. The molecular formula is C21H29FN4O8S. The fraction of sp³-hybridized carbons (Fsp3) is 0.619. The number of amides is 2. The van der Waals surface area contributed by atoms with Crippen LogP contribution in [0.5, 0.6) is 5.75 Å². The van der Waals surface area contributed by atoms with Gasteiger partial charge in [0.25, 0.3) is 16.1 Å². The number of nitrogens with zero attached hydrogens (tertiary/aromatic N) is 3. The Bertz CT molecular complexity index is 1030. The minimum atomic E-state index is -4.14. The van der Waals surface area contributed by atoms with E-state index in [0.29, 0.717) is 25.0 Å². The van der Waals surface area contributed by atoms with E-state index >= 15 is 0 Å². The van der Waals surface area contributed by atoms with Crippen molar-refractivity contribution in [2.75, 3.05) is 40.0 Å². The van der Waals surface area contributed by atoms with E-state index in [0.717, 1.165) is 4.31 Å². The number of hydrogen-bond donors (Lipinski definition) is 2. The zero-order chi connectivity index (χ0) is 25.2. The lowest BCUT2D eigenvalue weighted by atomic mass is 10.1. The van der Waals surface area contributed by atoms with E-state index in [2.05, 4.69) is 0 Å². The molecule has 2 N–H and O–H groups in total. The van der Waals surface area contributed by atoms with Crippen LogP contribution in [0.1, 0.15) is 19.3 Å². The number of hydroxylamine groups is 1. The Morgan fingerprint density at radius 2 is 1.89 bits per heavy atom. The van der Waals surface area contributed by atoms with Gasteiger partial charge in [-0.3, -0.25) is 14.9 Å². The molecule has 0 radical (unpaired) electrons. The molecule has 3 heterocycles. The van der Waals surface area contributed by atoms with Crippen LogP contribution in [0.3, 0.4) is 0 Å². The third-order valence-electron chi connectivity index (χ3n) is 6.56. The van der Waals surface area contributed by atoms with E-state index in [1.807, 2.05) is 0 Å². The summed E-state index contributed by atoms with van der Waals surface area (Å²) in [4.78, 5) is 26.7. The van der Waals surface area contributed by atoms with Crippen molar-refractivity contribution in [2.45, 2.75) is 43.5 Å². The summed E-state index contributed by atoms with van der Waals surface area (Å²) in [6.45, 7) is 0.313. The number of hydrogen-bond acceptors (Lipinski definition) is 8. The summed E-state index contributed by atoms with van der Waals surface area (Å²) in [5.41, 5.74) is 1.55. The number of halogens is 1. The van der Waals surface area contributed by atoms with Crippen LogP contribution in [0.15, 0.2) is 24.3 Å². The van der Waals surface area contributed by atoms with Gasteiger partial charge < -0.3 is 14.2 Å². The molecule has 3 saturated heterocycles. The Balaban J connectivity index is 1.49. The zero-order valence-electron chi connectivity index (χ0n) is 19.2. The van der Waals surface area contributed by atoms with Crippen LogP contribution in [0.4, 0.5) is 9.18 Å². The molecule has 1 unspecified atom stereocenters. The largest absolute Gasteiger partial charge is 0.489 e. The lowest BCUT2D eigenvalue weighted by Gasteiger charge is -2.45. The van der Waals surface area contributed by atoms with Gasteiger partial charge in [-0.15, -0.1) is 0 Å². The first kappa shape index (κ1) is 25.6. The highest BCUT2D eigenvalue weighted by molar-refractivity contribution is 7.86. The lowest BCUT2D eigenvalue weighted by Crippen LogP contribution is -2.67. The average molecular weight is 517 g/mol. The van der Waals surface area contributed by atoms with Crippen molar-refractivity contribution < 1.29 is 41.8 Å². The number of carbonyl (C=O) groups is 2. The molecule has 0 aromatic heterocycles. The van der Waals surface area contributed by atoms with Crippen LogP contribution in [-0.4, -0.2) is 103 Å². The zero-order valence-corrected chi connectivity index (χ0v) is 20.0. The number of methoxy groups -OCH3 is 1. The first-order valence-electron chi connectivity index (χ1n) is 11.3. The van der Waals surface area contributed by atoms with Crippen molar-refractivity contribution in [3.8, 4) is 5.75 Å². The molecule has 12 nitrogen and oxygen atoms in total. The van der Waals surface area contributed by atoms with E-state index in [1.54, 1.807) is 5.48 Å². The molecule has 35 heavy (non-hydrogen) atoms. The topological polar surface area (TPSA) is 138 Å². The van der Waals surface area contributed by atoms with E-state index in [1.165, 1.54) is 40.6 Å². The molecule has 3 aliphatic heterocycles. The van der Waals surface area contributed by atoms with E-state index < -0.39 is 52.3 Å². The van der Waals surface area contributed by atoms with Gasteiger partial charge in [-0.05, 0) is 43.5 Å². The maximum Gasteiger partial charge on any atom is 0.410 e. The van der Waals surface area contributed by atoms with Crippen molar-refractivity contribution in [1.82, 2.24) is 19.0 Å². The number of ether oxygens (including phenoxy) is 3. The predicted octanol–water partition coefficient (Wildman–Crippen LogP) is 0.329. The minimum absolute atomic E-state index is 0.0212. The van der Waals surface area contributed by atoms with E-state index in [4.69, 9.17) is 14.2 Å². The highest BCUT2D eigenvalue weighted by atomic mass is 32.2. The summed E-state index contributed by atoms with van der Waals surface area (Å²) in [7, 11) is -2.67. The van der Waals surface area contributed by atoms with Crippen LogP contribution < -0.4 is 10.2 Å². The number of carbonyl (C=O) groups excluding carboxylic acids is 2. The molecule has 4 atom stereocenters. The number of piperazine rings is 1. The van der Waals surface area contributed by atoms with Crippen molar-refractivity contribution >= 4 is 22.2 Å². The summed E-state index contributed by atoms with van der Waals surface area (Å²) in [6, 6.07) is 2.86. The Hall–Kier alpha value is -2.52. The first-order chi connectivity index (χ1) is 16.8. The summed E-state index contributed by atoms with van der Waals surface area (Å²) in [5.74, 6) is -0.906. The van der Waals surface area contributed by atoms with Crippen LogP contribution in [0, 0.1) is 5.82 Å². The van der Waals surface area contributed by atoms with E-state index in [9.17, 15) is 27.6 Å². The molecule has 3 fully saturated rings. The molecule has 2 amide bonds. The van der Waals surface area contributed by atoms with Gasteiger partial charge >= 0.3 is 6.09 Å². The second-order valence-corrected chi connectivity index (χ2v) is 10.5. The van der Waals surface area contributed by atoms with Gasteiger partial charge in [0.15, 0.2) is 0 Å². The van der Waals surface area contributed by atoms with E-state index in [-0.39, 0.29) is 32.8 Å². The maximum atomic E-state index is 13.6. The van der Waals surface area contributed by atoms with Gasteiger partial charge in [-0.2, -0.15) is 17.0 Å². The number of benzene rings is 1. The van der Waals surface area contributed by atoms with Gasteiger partial charge in [-0.25, -0.2) is 14.7 Å². The molecule has 4 rings (SSSR count). The molecule has 2 bridgehead atoms. The molecule has 1 aromatic carbocycles. The van der Waals surface area contributed by atoms with Crippen molar-refractivity contribution in [2.24, 2.45) is 0 Å². The Labute approximate surface area is 202 Å². The highest BCUT2D eigenvalue weighted by Gasteiger charge is 2.56. The standard InChI is InChI=1S/C21H29FN4O8S/c1-32-10-11-33-21(28)26-15-4-7-18(26)19(20(27)23-29)25(12-15)35(30,31)24-9-8-17(13-24)34-16-5-2-14(22)3-6-16/h2-3,5-6,15,17-19,29H,4,7-13H2,1H3,(H,23,27)/t15-,17?,18+,19-/m1/s1. The SMILES string of the molecule is COCCOC(=O)N1[C@@H]2CC[C@H]1[C@H](C(=O)NO)N(S(=O)(=O)N1CCC(Oc3ccc(F)cc3)C1)C2. The Morgan fingerprint density at radius 3 is 2.57 bits per heavy atom. The first-order valence-corrected chi connectivity index (χ1v) is 12.7. The summed E-state index contributed by atoms with van der Waals surface area (Å²) >= 11 is 0. The molecule has 0 saturated carbocycles. The number of rotatable bonds is 8. The fourth-order valence-electron chi connectivity index (χ4n) is 4.95. The van der Waals surface area contributed by atoms with Crippen LogP contribution >= 0.6 is 0 Å². The highest BCUT2D eigenvalue weighted by Crippen LogP contribution is 2.37. The third-order valence-corrected chi connectivity index (χ3v) is 8.51. The maximum absolute atomic E-state index is 13.6. The molecule has 14 heteroatoms. The second kappa shape index (κ2) is 10.6. The van der Waals surface area contributed by atoms with Gasteiger partial charge in [0.05, 0.1) is 19.2 Å². The Kier molecular flexibility index (Phi) is 7.76. The van der Waals surface area contributed by atoms with Gasteiger partial charge in [-0.1, -0.05) is 0 Å². The molecule has 0 spiro atoms. The fourth-order valence-corrected chi connectivity index (χ4v) is 6.82. The molecule has 0 aliphatic carbocycles. The van der Waals surface area contributed by atoms with Crippen molar-refractivity contribution in [1.29, 1.82) is 0 Å². The van der Waals surface area contributed by atoms with Gasteiger partial charge in [0.1, 0.15) is 30.3 Å². The van der Waals surface area contributed by atoms with Crippen molar-refractivity contribution in [3.63, 3.8) is 0 Å². The average Bonchev–Trinajstić information content (AvgIpc) is 3.43. The number of fused-ring (bicyclic) bond motifs is 2. The third kappa shape index (κ3) is 5.21. The van der Waals surface area contributed by atoms with Crippen LogP contribution in [0.2, 0.25) is 0 Å². The smallest absolute Gasteiger partial charge is 0.410 e.